The summed E-state index contributed by atoms with van der Waals surface area (Å²) in [5, 5.41) is 183. The van der Waals surface area contributed by atoms with Crippen LogP contribution in [-0.4, -0.2) is 334 Å². The maximum atomic E-state index is 13.2. The summed E-state index contributed by atoms with van der Waals surface area (Å²) in [5.74, 6) is -3.36. The Hall–Kier alpha value is -2.70. The lowest BCUT2D eigenvalue weighted by molar-refractivity contribution is -0.371. The van der Waals surface area contributed by atoms with Crippen LogP contribution in [0.4, 0.5) is 0 Å². The van der Waals surface area contributed by atoms with Crippen molar-refractivity contribution < 1.29 is 158 Å². The second kappa shape index (κ2) is 32.1. The molecule has 0 bridgehead atoms. The highest BCUT2D eigenvalue weighted by Gasteiger charge is 2.58. The number of carbonyl (C=O) groups excluding carboxylic acids is 2. The van der Waals surface area contributed by atoms with E-state index in [-0.39, 0.29) is 57.3 Å². The number of fused-ring (bicyclic) bond motifs is 1. The number of aliphatic hydroxyl groups excluding tert-OH is 17. The van der Waals surface area contributed by atoms with E-state index in [2.05, 4.69) is 0 Å². The molecule has 4 aliphatic carbocycles. The Morgan fingerprint density at radius 3 is 1.56 bits per heavy atom. The summed E-state index contributed by atoms with van der Waals surface area (Å²) in [5.41, 5.74) is 0. The number of carbonyl (C=O) groups is 2. The molecule has 32 heteroatoms. The lowest BCUT2D eigenvalue weighted by atomic mass is 9.72. The normalized spacial score (nSPS) is 50.1. The van der Waals surface area contributed by atoms with E-state index in [1.54, 1.807) is 6.08 Å². The number of methoxy groups -OCH3 is 2. The maximum absolute atomic E-state index is 13.2. The van der Waals surface area contributed by atoms with Gasteiger partial charge in [0.05, 0.1) is 74.1 Å². The van der Waals surface area contributed by atoms with Crippen molar-refractivity contribution in [3.8, 4) is 0 Å². The average molecular weight is 1320 g/mol. The molecule has 9 fully saturated rings. The molecule has 0 amide bonds. The maximum Gasteiger partial charge on any atom is 0.330 e. The summed E-state index contributed by atoms with van der Waals surface area (Å²) < 4.78 is 75.1. The third kappa shape index (κ3) is 17.0. The van der Waals surface area contributed by atoms with Gasteiger partial charge < -0.3 is 148 Å². The SMILES string of the molecule is COC1CC(C2[OH+]C3CC(O)CC(OC4OC(CO)C(O)C(O)C4O)C3CC2OC2OC(COC3OC(C)C(OC(=O)C=CC4CCC(OC5OC(COC(=O)C=CC6CCC(O)C(O)C6)C(O)C(O)C5O)C(O)C4)C(O)C3O)C(O)C(O)C2O)CC(OC)C1O. The molecule has 5 saturated heterocycles. The number of rotatable bonds is 20. The Morgan fingerprint density at radius 2 is 0.989 bits per heavy atom. The fraction of sp³-hybridized carbons (Fsp3) is 0.898. The average Bonchev–Trinajstić information content (AvgIpc) is 0.986. The van der Waals surface area contributed by atoms with Gasteiger partial charge in [-0.25, -0.2) is 9.59 Å². The predicted octanol–water partition coefficient (Wildman–Crippen LogP) is -7.47. The first-order chi connectivity index (χ1) is 43.3. The molecule has 5 heterocycles. The van der Waals surface area contributed by atoms with Crippen LogP contribution in [0.3, 0.4) is 0 Å². The zero-order chi connectivity index (χ0) is 65.9. The third-order valence-corrected chi connectivity index (χ3v) is 19.7. The first-order valence-electron chi connectivity index (χ1n) is 31.5. The van der Waals surface area contributed by atoms with Crippen molar-refractivity contribution in [1.82, 2.24) is 0 Å². The highest BCUT2D eigenvalue weighted by Crippen LogP contribution is 2.45. The molecule has 4 saturated carbocycles. The molecular weight excluding hydrogens is 1220 g/mol. The van der Waals surface area contributed by atoms with Crippen molar-refractivity contribution in [2.45, 2.75) is 274 Å². The second-order valence-corrected chi connectivity index (χ2v) is 25.9. The first-order valence-corrected chi connectivity index (χ1v) is 31.5. The molecule has 91 heavy (non-hydrogen) atoms. The summed E-state index contributed by atoms with van der Waals surface area (Å²) >= 11 is 0. The van der Waals surface area contributed by atoms with Gasteiger partial charge in [0.2, 0.25) is 0 Å². The molecular formula is C59H95O32+. The van der Waals surface area contributed by atoms with Crippen LogP contribution < -0.4 is 0 Å². The third-order valence-electron chi connectivity index (χ3n) is 19.7. The molecule has 0 radical (unpaired) electrons. The molecule has 32 nitrogen and oxygen atoms in total. The van der Waals surface area contributed by atoms with Gasteiger partial charge in [0.15, 0.2) is 43.5 Å². The van der Waals surface area contributed by atoms with Crippen molar-refractivity contribution in [3.63, 3.8) is 0 Å². The minimum atomic E-state index is -1.91. The summed E-state index contributed by atoms with van der Waals surface area (Å²) in [4.78, 5) is 25.7. The Bertz CT molecular complexity index is 2340. The highest BCUT2D eigenvalue weighted by atomic mass is 16.8. The fourth-order valence-corrected chi connectivity index (χ4v) is 14.3. The number of ether oxygens (including phenoxy) is 13. The Labute approximate surface area is 524 Å². The number of hydrogen-bond acceptors (Lipinski definition) is 31. The number of esters is 2. The second-order valence-electron chi connectivity index (χ2n) is 25.9. The highest BCUT2D eigenvalue weighted by molar-refractivity contribution is 5.82. The van der Waals surface area contributed by atoms with Crippen molar-refractivity contribution in [3.05, 3.63) is 24.3 Å². The molecule has 0 aromatic heterocycles. The van der Waals surface area contributed by atoms with E-state index >= 15 is 0 Å². The van der Waals surface area contributed by atoms with E-state index in [0.29, 0.717) is 19.3 Å². The zero-order valence-corrected chi connectivity index (χ0v) is 50.8. The molecule has 34 atom stereocenters. The summed E-state index contributed by atoms with van der Waals surface area (Å²) in [6.45, 7) is -0.463. The standard InChI is InChI=1S/C59H94O32/c1-22-54(91-41(66)11-7-24-5-9-31(30(64)13-24)85-57-51(76)47(72)44(69)38(89-57)20-81-40(65)10-6-23-4-8-28(62)29(63)12-23)49(74)53(78)56(83-22)82-21-39-45(70)48(73)52(77)59(90-39)87-36-18-27-32(84-55(36)25-14-34(79-2)42(67)35(15-25)80-3)16-26(61)17-33(27)86-58-50(75)46(71)43(68)37(19-60)88-58/h6-7,10-11,22-39,42-64,67-78H,4-5,8-9,12-21H2,1-3H3/p+1. The lowest BCUT2D eigenvalue weighted by Crippen LogP contribution is -2.65. The van der Waals surface area contributed by atoms with Gasteiger partial charge in [-0.05, 0) is 76.5 Å². The number of allylic oxidation sites excluding steroid dienone is 2. The van der Waals surface area contributed by atoms with E-state index < -0.39 is 246 Å². The Kier molecular flexibility index (Phi) is 25.6. The minimum absolute atomic E-state index is 0.00176. The van der Waals surface area contributed by atoms with Crippen LogP contribution in [0.5, 0.6) is 0 Å². The molecule has 34 unspecified atom stereocenters. The Balaban J connectivity index is 0.770. The molecule has 9 rings (SSSR count). The van der Waals surface area contributed by atoms with E-state index in [0.717, 1.165) is 12.2 Å². The van der Waals surface area contributed by atoms with Gasteiger partial charge in [-0.1, -0.05) is 12.2 Å². The molecule has 0 aromatic carbocycles. The first kappa shape index (κ1) is 72.6. The van der Waals surface area contributed by atoms with Gasteiger partial charge in [-0.3, -0.25) is 0 Å². The van der Waals surface area contributed by atoms with Crippen LogP contribution in [-0.2, 0) is 66.4 Å². The molecule has 18 N–H and O–H groups in total. The monoisotopic (exact) mass is 1320 g/mol. The van der Waals surface area contributed by atoms with Crippen LogP contribution >= 0.6 is 0 Å². The summed E-state index contributed by atoms with van der Waals surface area (Å²) in [7, 11) is 2.88. The van der Waals surface area contributed by atoms with Crippen LogP contribution in [0.2, 0.25) is 0 Å². The fourth-order valence-electron chi connectivity index (χ4n) is 14.3. The van der Waals surface area contributed by atoms with Crippen LogP contribution in [0.15, 0.2) is 24.3 Å². The number of aliphatic hydroxyl groups is 19. The molecule has 0 aromatic rings. The lowest BCUT2D eigenvalue weighted by Gasteiger charge is -2.50. The van der Waals surface area contributed by atoms with Crippen LogP contribution in [0.1, 0.15) is 77.6 Å². The summed E-state index contributed by atoms with van der Waals surface area (Å²) in [6, 6.07) is 0. The molecule has 522 valence electrons. The van der Waals surface area contributed by atoms with Gasteiger partial charge in [0.25, 0.3) is 0 Å². The van der Waals surface area contributed by atoms with Gasteiger partial charge in [0.1, 0.15) is 104 Å². The minimum Gasteiger partial charge on any atom is -0.460 e. The van der Waals surface area contributed by atoms with E-state index in [9.17, 15) is 96.4 Å². The van der Waals surface area contributed by atoms with Gasteiger partial charge in [-0.15, -0.1) is 0 Å². The van der Waals surface area contributed by atoms with Crippen LogP contribution in [0, 0.1) is 23.7 Å². The van der Waals surface area contributed by atoms with Crippen LogP contribution in [0.25, 0.3) is 0 Å². The van der Waals surface area contributed by atoms with Crippen molar-refractivity contribution in [2.75, 3.05) is 34.0 Å². The Morgan fingerprint density at radius 1 is 0.473 bits per heavy atom. The molecule has 5 aliphatic heterocycles. The topological polar surface area (TPSA) is 502 Å². The smallest absolute Gasteiger partial charge is 0.330 e. The van der Waals surface area contributed by atoms with E-state index in [1.807, 2.05) is 0 Å². The largest absolute Gasteiger partial charge is 0.460 e. The number of hydrogen-bond donors (Lipinski definition) is 17. The van der Waals surface area contributed by atoms with E-state index in [4.69, 9.17) is 61.6 Å². The molecule has 9 aliphatic rings. The van der Waals surface area contributed by atoms with Gasteiger partial charge in [0, 0.05) is 45.1 Å². The van der Waals surface area contributed by atoms with Crippen molar-refractivity contribution in [1.29, 1.82) is 0 Å². The quantitative estimate of drug-likeness (QED) is 0.0306. The molecule has 0 spiro atoms. The predicted molar refractivity (Wildman–Crippen MR) is 299 cm³/mol. The van der Waals surface area contributed by atoms with Gasteiger partial charge >= 0.3 is 11.9 Å². The van der Waals surface area contributed by atoms with E-state index in [1.165, 1.54) is 27.2 Å². The summed E-state index contributed by atoms with van der Waals surface area (Å²) in [6.07, 6.45) is -35.7. The zero-order valence-electron chi connectivity index (χ0n) is 50.8. The van der Waals surface area contributed by atoms with Gasteiger partial charge in [-0.2, -0.15) is 0 Å². The van der Waals surface area contributed by atoms with Crippen molar-refractivity contribution >= 4 is 11.9 Å². The van der Waals surface area contributed by atoms with Crippen molar-refractivity contribution in [2.24, 2.45) is 23.7 Å².